The maximum atomic E-state index is 12.4. The molecule has 0 amide bonds. The minimum absolute atomic E-state index is 0.0543. The first-order chi connectivity index (χ1) is 10.0. The normalized spacial score (nSPS) is 11.6. The van der Waals surface area contributed by atoms with E-state index in [1.807, 2.05) is 24.3 Å². The smallest absolute Gasteiger partial charge is 0.182 e. The number of sulfone groups is 1. The van der Waals surface area contributed by atoms with E-state index in [1.54, 1.807) is 30.5 Å². The van der Waals surface area contributed by atoms with Crippen molar-refractivity contribution in [2.75, 3.05) is 5.73 Å². The Morgan fingerprint density at radius 1 is 1.00 bits per heavy atom. The molecule has 106 valence electrons. The fourth-order valence-corrected chi connectivity index (χ4v) is 3.61. The van der Waals surface area contributed by atoms with E-state index in [4.69, 9.17) is 5.73 Å². The molecule has 4 nitrogen and oxygen atoms in total. The average Bonchev–Trinajstić information content (AvgIpc) is 2.47. The highest BCUT2D eigenvalue weighted by molar-refractivity contribution is 7.90. The monoisotopic (exact) mass is 298 g/mol. The van der Waals surface area contributed by atoms with Gasteiger partial charge in [0.15, 0.2) is 9.84 Å². The third kappa shape index (κ3) is 2.87. The van der Waals surface area contributed by atoms with Crippen molar-refractivity contribution in [3.63, 3.8) is 0 Å². The zero-order valence-corrected chi connectivity index (χ0v) is 12.0. The molecule has 0 saturated carbocycles. The number of anilines is 1. The number of rotatable bonds is 3. The molecule has 3 rings (SSSR count). The number of nitrogens with zero attached hydrogens (tertiary/aromatic N) is 1. The predicted molar refractivity (Wildman–Crippen MR) is 83.5 cm³/mol. The van der Waals surface area contributed by atoms with Crippen molar-refractivity contribution in [1.82, 2.24) is 4.98 Å². The van der Waals surface area contributed by atoms with E-state index in [-0.39, 0.29) is 10.6 Å². The lowest BCUT2D eigenvalue weighted by atomic mass is 10.1. The summed E-state index contributed by atoms with van der Waals surface area (Å²) < 4.78 is 24.8. The lowest BCUT2D eigenvalue weighted by Gasteiger charge is -2.06. The van der Waals surface area contributed by atoms with Crippen molar-refractivity contribution in [3.8, 4) is 0 Å². The number of benzene rings is 2. The Kier molecular flexibility index (Phi) is 3.35. The van der Waals surface area contributed by atoms with Crippen LogP contribution < -0.4 is 5.73 Å². The second kappa shape index (κ2) is 5.18. The van der Waals surface area contributed by atoms with E-state index in [9.17, 15) is 8.42 Å². The lowest BCUT2D eigenvalue weighted by Crippen LogP contribution is -2.05. The molecule has 0 aliphatic carbocycles. The molecule has 1 aromatic heterocycles. The summed E-state index contributed by atoms with van der Waals surface area (Å²) in [5, 5.41) is 0.928. The van der Waals surface area contributed by atoms with Gasteiger partial charge < -0.3 is 5.73 Å². The Labute approximate surface area is 123 Å². The van der Waals surface area contributed by atoms with Crippen LogP contribution in [0.1, 0.15) is 5.56 Å². The molecule has 0 saturated heterocycles. The van der Waals surface area contributed by atoms with Crippen molar-refractivity contribution in [3.05, 3.63) is 66.4 Å². The van der Waals surface area contributed by atoms with Crippen molar-refractivity contribution in [2.45, 2.75) is 10.6 Å². The summed E-state index contributed by atoms with van der Waals surface area (Å²) in [4.78, 5) is 4.47. The van der Waals surface area contributed by atoms with E-state index in [1.165, 1.54) is 6.07 Å². The molecule has 0 aliphatic heterocycles. The van der Waals surface area contributed by atoms with Crippen LogP contribution in [0, 0.1) is 0 Å². The Hall–Kier alpha value is -2.40. The number of hydrogen-bond donors (Lipinski definition) is 1. The van der Waals surface area contributed by atoms with Gasteiger partial charge in [-0.05, 0) is 42.0 Å². The lowest BCUT2D eigenvalue weighted by molar-refractivity contribution is 0.595. The van der Waals surface area contributed by atoms with Crippen LogP contribution in [0.3, 0.4) is 0 Å². The summed E-state index contributed by atoms with van der Waals surface area (Å²) in [6, 6.07) is 15.6. The molecule has 2 aromatic carbocycles. The summed E-state index contributed by atoms with van der Waals surface area (Å²) >= 11 is 0. The quantitative estimate of drug-likeness (QED) is 0.755. The summed E-state index contributed by atoms with van der Waals surface area (Å²) in [5.74, 6) is -0.0543. The van der Waals surface area contributed by atoms with Crippen molar-refractivity contribution < 1.29 is 8.42 Å². The Bertz CT molecular complexity index is 905. The van der Waals surface area contributed by atoms with Gasteiger partial charge in [0.25, 0.3) is 0 Å². The van der Waals surface area contributed by atoms with Crippen LogP contribution in [-0.2, 0) is 15.6 Å². The number of nitrogen functional groups attached to an aromatic ring is 1. The Morgan fingerprint density at radius 3 is 2.67 bits per heavy atom. The number of pyridine rings is 1. The van der Waals surface area contributed by atoms with Gasteiger partial charge in [-0.15, -0.1) is 0 Å². The first-order valence-corrected chi connectivity index (χ1v) is 8.12. The van der Waals surface area contributed by atoms with E-state index >= 15 is 0 Å². The summed E-state index contributed by atoms with van der Waals surface area (Å²) in [6.45, 7) is 0. The Balaban J connectivity index is 1.97. The molecular weight excluding hydrogens is 284 g/mol. The van der Waals surface area contributed by atoms with E-state index in [0.29, 0.717) is 5.69 Å². The molecule has 5 heteroatoms. The largest absolute Gasteiger partial charge is 0.399 e. The molecule has 1 heterocycles. The topological polar surface area (TPSA) is 73.1 Å². The van der Waals surface area contributed by atoms with Crippen LogP contribution >= 0.6 is 0 Å². The van der Waals surface area contributed by atoms with Crippen LogP contribution in [0.5, 0.6) is 0 Å². The molecule has 3 aromatic rings. The number of nitrogens with two attached hydrogens (primary N) is 1. The van der Waals surface area contributed by atoms with Crippen molar-refractivity contribution >= 4 is 26.4 Å². The molecule has 2 N–H and O–H groups in total. The van der Waals surface area contributed by atoms with Gasteiger partial charge in [-0.25, -0.2) is 8.42 Å². The fourth-order valence-electron chi connectivity index (χ4n) is 2.23. The van der Waals surface area contributed by atoms with Crippen LogP contribution in [0.15, 0.2) is 65.7 Å². The number of fused-ring (bicyclic) bond motifs is 1. The number of aromatic nitrogens is 1. The molecular formula is C16H14N2O2S. The maximum Gasteiger partial charge on any atom is 0.182 e. The van der Waals surface area contributed by atoms with Crippen molar-refractivity contribution in [1.29, 1.82) is 0 Å². The fraction of sp³-hybridized carbons (Fsp3) is 0.0625. The molecule has 0 atom stereocenters. The summed E-state index contributed by atoms with van der Waals surface area (Å²) in [7, 11) is -3.40. The average molecular weight is 298 g/mol. The van der Waals surface area contributed by atoms with E-state index < -0.39 is 9.84 Å². The van der Waals surface area contributed by atoms with Crippen LogP contribution in [0.4, 0.5) is 5.69 Å². The molecule has 21 heavy (non-hydrogen) atoms. The predicted octanol–water partition coefficient (Wildman–Crippen LogP) is 2.79. The molecule has 0 fully saturated rings. The third-order valence-corrected chi connectivity index (χ3v) is 4.93. The highest BCUT2D eigenvalue weighted by Gasteiger charge is 2.15. The summed E-state index contributed by atoms with van der Waals surface area (Å²) in [5.41, 5.74) is 7.68. The maximum absolute atomic E-state index is 12.4. The second-order valence-electron chi connectivity index (χ2n) is 4.86. The first-order valence-electron chi connectivity index (χ1n) is 6.46. The van der Waals surface area contributed by atoms with Crippen molar-refractivity contribution in [2.24, 2.45) is 0 Å². The molecule has 0 spiro atoms. The zero-order valence-electron chi connectivity index (χ0n) is 11.2. The molecule has 0 unspecified atom stereocenters. The van der Waals surface area contributed by atoms with Gasteiger partial charge in [0.05, 0.1) is 16.2 Å². The first kappa shape index (κ1) is 13.6. The highest BCUT2D eigenvalue weighted by Crippen LogP contribution is 2.21. The van der Waals surface area contributed by atoms with Gasteiger partial charge in [-0.3, -0.25) is 4.98 Å². The van der Waals surface area contributed by atoms with Gasteiger partial charge in [-0.2, -0.15) is 0 Å². The molecule has 0 bridgehead atoms. The Morgan fingerprint density at radius 2 is 1.86 bits per heavy atom. The minimum atomic E-state index is -3.40. The second-order valence-corrected chi connectivity index (χ2v) is 6.85. The zero-order chi connectivity index (χ0) is 14.9. The van der Waals surface area contributed by atoms with Crippen LogP contribution in [0.2, 0.25) is 0 Å². The SMILES string of the molecule is Nc1cccc(S(=O)(=O)Cc2ccc3ncccc3c2)c1. The third-order valence-electron chi connectivity index (χ3n) is 3.24. The van der Waals surface area contributed by atoms with Gasteiger partial charge in [0.1, 0.15) is 0 Å². The van der Waals surface area contributed by atoms with E-state index in [2.05, 4.69) is 4.98 Å². The van der Waals surface area contributed by atoms with E-state index in [0.717, 1.165) is 16.5 Å². The summed E-state index contributed by atoms with van der Waals surface area (Å²) in [6.07, 6.45) is 1.71. The van der Waals surface area contributed by atoms with Gasteiger partial charge >= 0.3 is 0 Å². The van der Waals surface area contributed by atoms with Crippen LogP contribution in [0.25, 0.3) is 10.9 Å². The molecule has 0 radical (unpaired) electrons. The van der Waals surface area contributed by atoms with Crippen LogP contribution in [-0.4, -0.2) is 13.4 Å². The molecule has 0 aliphatic rings. The minimum Gasteiger partial charge on any atom is -0.399 e. The standard InChI is InChI=1S/C16H14N2O2S/c17-14-4-1-5-15(10-14)21(19,20)11-12-6-7-16-13(9-12)3-2-8-18-16/h1-10H,11,17H2. The number of hydrogen-bond acceptors (Lipinski definition) is 4. The highest BCUT2D eigenvalue weighted by atomic mass is 32.2. The van der Waals surface area contributed by atoms with Gasteiger partial charge in [-0.1, -0.05) is 18.2 Å². The van der Waals surface area contributed by atoms with Gasteiger partial charge in [0.2, 0.25) is 0 Å². The van der Waals surface area contributed by atoms with Gasteiger partial charge in [0, 0.05) is 17.3 Å².